The van der Waals surface area contributed by atoms with E-state index in [2.05, 4.69) is 72.6 Å². The molecule has 0 unspecified atom stereocenters. The van der Waals surface area contributed by atoms with Gasteiger partial charge in [-0.05, 0) is 40.4 Å². The largest absolute Gasteiger partial charge is 0.311 e. The lowest BCUT2D eigenvalue weighted by atomic mass is 10.0. The van der Waals surface area contributed by atoms with Crippen molar-refractivity contribution in [1.29, 1.82) is 0 Å². The van der Waals surface area contributed by atoms with Crippen molar-refractivity contribution in [3.8, 4) is 0 Å². The normalized spacial score (nSPS) is 12.9. The molecule has 0 saturated heterocycles. The second-order valence-corrected chi connectivity index (χ2v) is 5.93. The minimum absolute atomic E-state index is 0.373. The first-order valence-electron chi connectivity index (χ1n) is 7.43. The highest BCUT2D eigenvalue weighted by Gasteiger charge is 2.14. The number of aromatic amines is 1. The lowest BCUT2D eigenvalue weighted by molar-refractivity contribution is 0.288. The van der Waals surface area contributed by atoms with Crippen LogP contribution in [0, 0.1) is 20.8 Å². The molecule has 0 saturated carbocycles. The van der Waals surface area contributed by atoms with E-state index in [0.717, 1.165) is 24.5 Å². The molecule has 2 N–H and O–H groups in total. The van der Waals surface area contributed by atoms with Gasteiger partial charge in [0.1, 0.15) is 0 Å². The van der Waals surface area contributed by atoms with Crippen molar-refractivity contribution in [2.45, 2.75) is 33.4 Å². The van der Waals surface area contributed by atoms with Gasteiger partial charge in [-0.1, -0.05) is 29.8 Å². The van der Waals surface area contributed by atoms with Gasteiger partial charge in [-0.2, -0.15) is 5.10 Å². The molecule has 0 spiro atoms. The minimum Gasteiger partial charge on any atom is -0.311 e. The highest BCUT2D eigenvalue weighted by Crippen LogP contribution is 2.18. The molecule has 1 aromatic carbocycles. The Hall–Kier alpha value is -1.65. The third-order valence-electron chi connectivity index (χ3n) is 4.01. The molecule has 114 valence electrons. The molecular weight excluding hydrogens is 260 g/mol. The summed E-state index contributed by atoms with van der Waals surface area (Å²) >= 11 is 0. The van der Waals surface area contributed by atoms with Crippen LogP contribution in [-0.4, -0.2) is 35.7 Å². The molecule has 1 heterocycles. The van der Waals surface area contributed by atoms with E-state index >= 15 is 0 Å². The summed E-state index contributed by atoms with van der Waals surface area (Å²) in [6.07, 6.45) is 0. The summed E-state index contributed by atoms with van der Waals surface area (Å²) in [5, 5.41) is 10.8. The first kappa shape index (κ1) is 15.7. The summed E-state index contributed by atoms with van der Waals surface area (Å²) in [6, 6.07) is 9.16. The van der Waals surface area contributed by atoms with Gasteiger partial charge in [0, 0.05) is 30.4 Å². The molecular formula is C17H26N4. The summed E-state index contributed by atoms with van der Waals surface area (Å²) in [5.41, 5.74) is 6.15. The summed E-state index contributed by atoms with van der Waals surface area (Å²) in [6.45, 7) is 8.01. The Morgan fingerprint density at radius 2 is 1.81 bits per heavy atom. The first-order valence-corrected chi connectivity index (χ1v) is 7.43. The summed E-state index contributed by atoms with van der Waals surface area (Å²) < 4.78 is 0. The third-order valence-corrected chi connectivity index (χ3v) is 4.01. The fourth-order valence-electron chi connectivity index (χ4n) is 2.56. The number of nitrogens with one attached hydrogen (secondary N) is 2. The van der Waals surface area contributed by atoms with Crippen LogP contribution >= 0.6 is 0 Å². The number of hydrogen-bond donors (Lipinski definition) is 2. The number of aryl methyl sites for hydroxylation is 3. The highest BCUT2D eigenvalue weighted by atomic mass is 15.1. The van der Waals surface area contributed by atoms with E-state index < -0.39 is 0 Å². The van der Waals surface area contributed by atoms with Crippen molar-refractivity contribution in [2.75, 3.05) is 20.6 Å². The van der Waals surface area contributed by atoms with Crippen LogP contribution in [0.4, 0.5) is 0 Å². The van der Waals surface area contributed by atoms with E-state index in [4.69, 9.17) is 0 Å². The van der Waals surface area contributed by atoms with Crippen molar-refractivity contribution < 1.29 is 0 Å². The van der Waals surface area contributed by atoms with Crippen LogP contribution in [0.15, 0.2) is 24.3 Å². The fraction of sp³-hybridized carbons (Fsp3) is 0.471. The zero-order valence-electron chi connectivity index (χ0n) is 13.7. The topological polar surface area (TPSA) is 44.0 Å². The predicted octanol–water partition coefficient (Wildman–Crippen LogP) is 2.73. The maximum Gasteiger partial charge on any atom is 0.0638 e. The van der Waals surface area contributed by atoms with Crippen LogP contribution in [-0.2, 0) is 6.54 Å². The molecule has 1 aromatic heterocycles. The Morgan fingerprint density at radius 3 is 2.33 bits per heavy atom. The predicted molar refractivity (Wildman–Crippen MR) is 87.4 cm³/mol. The Balaban J connectivity index is 1.99. The standard InChI is InChI=1S/C17H26N4/c1-12-6-8-15(9-7-12)17(21(4)5)11-18-10-16-13(2)19-20-14(16)3/h6-9,17-18H,10-11H2,1-5H3,(H,19,20)/t17-/m1/s1. The maximum atomic E-state index is 4.24. The van der Waals surface area contributed by atoms with Crippen molar-refractivity contribution in [1.82, 2.24) is 20.4 Å². The zero-order chi connectivity index (χ0) is 15.4. The number of benzene rings is 1. The number of H-pyrrole nitrogens is 1. The molecule has 0 aliphatic rings. The molecule has 0 aliphatic carbocycles. The molecule has 1 atom stereocenters. The SMILES string of the molecule is Cc1ccc([C@@H](CNCc2c(C)n[nH]c2C)N(C)C)cc1. The van der Waals surface area contributed by atoms with Crippen molar-refractivity contribution in [3.05, 3.63) is 52.3 Å². The van der Waals surface area contributed by atoms with E-state index in [0.29, 0.717) is 6.04 Å². The average molecular weight is 286 g/mol. The fourth-order valence-corrected chi connectivity index (χ4v) is 2.56. The Bertz CT molecular complexity index is 549. The minimum atomic E-state index is 0.373. The van der Waals surface area contributed by atoms with Gasteiger partial charge in [-0.3, -0.25) is 5.10 Å². The van der Waals surface area contributed by atoms with Gasteiger partial charge in [-0.15, -0.1) is 0 Å². The number of nitrogens with zero attached hydrogens (tertiary/aromatic N) is 2. The molecule has 0 fully saturated rings. The first-order chi connectivity index (χ1) is 9.99. The van der Waals surface area contributed by atoms with Crippen LogP contribution in [0.25, 0.3) is 0 Å². The van der Waals surface area contributed by atoms with Gasteiger partial charge in [0.25, 0.3) is 0 Å². The van der Waals surface area contributed by atoms with Crippen LogP contribution in [0.5, 0.6) is 0 Å². The molecule has 4 nitrogen and oxygen atoms in total. The van der Waals surface area contributed by atoms with Crippen molar-refractivity contribution >= 4 is 0 Å². The number of aromatic nitrogens is 2. The van der Waals surface area contributed by atoms with Crippen molar-refractivity contribution in [2.24, 2.45) is 0 Å². The number of hydrogen-bond acceptors (Lipinski definition) is 3. The monoisotopic (exact) mass is 286 g/mol. The van der Waals surface area contributed by atoms with Crippen molar-refractivity contribution in [3.63, 3.8) is 0 Å². The summed E-state index contributed by atoms with van der Waals surface area (Å²) in [7, 11) is 4.25. The highest BCUT2D eigenvalue weighted by molar-refractivity contribution is 5.25. The van der Waals surface area contributed by atoms with E-state index in [9.17, 15) is 0 Å². The zero-order valence-corrected chi connectivity index (χ0v) is 13.7. The van der Waals surface area contributed by atoms with Crippen LogP contribution in [0.1, 0.15) is 34.1 Å². The Labute approximate surface area is 127 Å². The van der Waals surface area contributed by atoms with Gasteiger partial charge in [0.05, 0.1) is 5.69 Å². The van der Waals surface area contributed by atoms with Gasteiger partial charge < -0.3 is 10.2 Å². The van der Waals surface area contributed by atoms with E-state index in [1.165, 1.54) is 16.7 Å². The smallest absolute Gasteiger partial charge is 0.0638 e. The summed E-state index contributed by atoms with van der Waals surface area (Å²) in [5.74, 6) is 0. The molecule has 4 heteroatoms. The Kier molecular flexibility index (Phi) is 5.15. The lowest BCUT2D eigenvalue weighted by Crippen LogP contribution is -2.31. The second-order valence-electron chi connectivity index (χ2n) is 5.93. The van der Waals surface area contributed by atoms with Crippen LogP contribution in [0.3, 0.4) is 0 Å². The number of likely N-dealkylation sites (N-methyl/N-ethyl adjacent to an activating group) is 1. The quantitative estimate of drug-likeness (QED) is 0.858. The summed E-state index contributed by atoms with van der Waals surface area (Å²) in [4.78, 5) is 2.26. The molecule has 0 amide bonds. The maximum absolute atomic E-state index is 4.24. The van der Waals surface area contributed by atoms with E-state index in [1.54, 1.807) is 0 Å². The third kappa shape index (κ3) is 3.93. The van der Waals surface area contributed by atoms with E-state index in [1.807, 2.05) is 6.92 Å². The lowest BCUT2D eigenvalue weighted by Gasteiger charge is -2.25. The molecule has 2 aromatic rings. The van der Waals surface area contributed by atoms with Crippen LogP contribution < -0.4 is 5.32 Å². The molecule has 0 radical (unpaired) electrons. The number of rotatable bonds is 6. The molecule has 0 aliphatic heterocycles. The molecule has 0 bridgehead atoms. The molecule has 2 rings (SSSR count). The Morgan fingerprint density at radius 1 is 1.14 bits per heavy atom. The van der Waals surface area contributed by atoms with Crippen LogP contribution in [0.2, 0.25) is 0 Å². The van der Waals surface area contributed by atoms with E-state index in [-0.39, 0.29) is 0 Å². The van der Waals surface area contributed by atoms with Gasteiger partial charge in [0.15, 0.2) is 0 Å². The van der Waals surface area contributed by atoms with Gasteiger partial charge in [0.2, 0.25) is 0 Å². The molecule has 21 heavy (non-hydrogen) atoms. The van der Waals surface area contributed by atoms with Gasteiger partial charge >= 0.3 is 0 Å². The second kappa shape index (κ2) is 6.87. The average Bonchev–Trinajstić information content (AvgIpc) is 2.76. The van der Waals surface area contributed by atoms with Gasteiger partial charge in [-0.25, -0.2) is 0 Å².